The van der Waals surface area contributed by atoms with E-state index in [1.165, 1.54) is 23.7 Å². The minimum absolute atomic E-state index is 0.272. The summed E-state index contributed by atoms with van der Waals surface area (Å²) in [5.41, 5.74) is 0. The van der Waals surface area contributed by atoms with E-state index in [4.69, 9.17) is 9.47 Å². The van der Waals surface area contributed by atoms with E-state index in [0.29, 0.717) is 0 Å². The molecule has 4 heteroatoms. The van der Waals surface area contributed by atoms with Crippen molar-refractivity contribution >= 4 is 23.5 Å². The second-order valence-corrected chi connectivity index (χ2v) is 5.84. The summed E-state index contributed by atoms with van der Waals surface area (Å²) in [4.78, 5) is 0. The van der Waals surface area contributed by atoms with E-state index in [0.717, 1.165) is 26.1 Å². The maximum absolute atomic E-state index is 5.84. The van der Waals surface area contributed by atoms with Crippen molar-refractivity contribution in [3.8, 4) is 0 Å². The lowest BCUT2D eigenvalue weighted by Crippen LogP contribution is -2.38. The highest BCUT2D eigenvalue weighted by molar-refractivity contribution is 8.00. The third kappa shape index (κ3) is 2.78. The minimum Gasteiger partial charge on any atom is -0.341 e. The highest BCUT2D eigenvalue weighted by atomic mass is 32.2. The summed E-state index contributed by atoms with van der Waals surface area (Å²) in [6.07, 6.45) is 3.38. The average Bonchev–Trinajstić information content (AvgIpc) is 2.14. The molecule has 0 saturated carbocycles. The third-order valence-electron chi connectivity index (χ3n) is 2.24. The lowest BCUT2D eigenvalue weighted by molar-refractivity contribution is -0.176. The van der Waals surface area contributed by atoms with Crippen molar-refractivity contribution in [2.24, 2.45) is 0 Å². The number of thioether (sulfide) groups is 2. The predicted molar refractivity (Wildman–Crippen MR) is 58.3 cm³/mol. The van der Waals surface area contributed by atoms with Gasteiger partial charge in [0, 0.05) is 12.2 Å². The third-order valence-corrected chi connectivity index (χ3v) is 4.68. The minimum atomic E-state index is -0.272. The lowest BCUT2D eigenvalue weighted by atomic mass is 10.4. The van der Waals surface area contributed by atoms with Gasteiger partial charge in [-0.05, 0) is 24.3 Å². The van der Waals surface area contributed by atoms with E-state index in [1.54, 1.807) is 0 Å². The SMILES string of the molecule is C1COC2(CCSC1)OCCCS2. The van der Waals surface area contributed by atoms with Crippen LogP contribution in [-0.2, 0) is 9.47 Å². The molecule has 2 aliphatic rings. The molecule has 1 unspecified atom stereocenters. The van der Waals surface area contributed by atoms with E-state index >= 15 is 0 Å². The molecule has 2 rings (SSSR count). The molecule has 2 heterocycles. The Kier molecular flexibility index (Phi) is 3.84. The van der Waals surface area contributed by atoms with Gasteiger partial charge in [-0.3, -0.25) is 0 Å². The van der Waals surface area contributed by atoms with Crippen LogP contribution in [0.25, 0.3) is 0 Å². The van der Waals surface area contributed by atoms with Crippen LogP contribution in [0.1, 0.15) is 19.3 Å². The fourth-order valence-electron chi connectivity index (χ4n) is 1.54. The maximum Gasteiger partial charge on any atom is 0.218 e. The van der Waals surface area contributed by atoms with Gasteiger partial charge < -0.3 is 9.47 Å². The molecule has 1 atom stereocenters. The monoisotopic (exact) mass is 220 g/mol. The molecular formula is C9H16O2S2. The molecule has 0 N–H and O–H groups in total. The summed E-state index contributed by atoms with van der Waals surface area (Å²) in [7, 11) is 0. The summed E-state index contributed by atoms with van der Waals surface area (Å²) in [5, 5.41) is -0.272. The summed E-state index contributed by atoms with van der Waals surface area (Å²) in [6.45, 7) is 1.73. The van der Waals surface area contributed by atoms with Gasteiger partial charge in [0.2, 0.25) is 5.12 Å². The van der Waals surface area contributed by atoms with E-state index < -0.39 is 0 Å². The predicted octanol–water partition coefficient (Wildman–Crippen LogP) is 2.34. The van der Waals surface area contributed by atoms with E-state index in [9.17, 15) is 0 Å². The van der Waals surface area contributed by atoms with Crippen LogP contribution in [0, 0.1) is 0 Å². The standard InChI is InChI=1S/C9H16O2S2/c1-4-10-9(3-8-12-6-1)11-5-2-7-13-9/h1-8H2. The zero-order valence-corrected chi connectivity index (χ0v) is 9.42. The van der Waals surface area contributed by atoms with Gasteiger partial charge in [0.1, 0.15) is 0 Å². The Morgan fingerprint density at radius 2 is 1.69 bits per heavy atom. The Morgan fingerprint density at radius 3 is 2.46 bits per heavy atom. The number of hydrogen-bond acceptors (Lipinski definition) is 4. The fourth-order valence-corrected chi connectivity index (χ4v) is 3.76. The second kappa shape index (κ2) is 4.91. The van der Waals surface area contributed by atoms with Gasteiger partial charge in [-0.15, -0.1) is 0 Å². The molecular weight excluding hydrogens is 204 g/mol. The molecule has 0 amide bonds. The molecule has 0 aromatic rings. The first-order chi connectivity index (χ1) is 6.41. The van der Waals surface area contributed by atoms with Gasteiger partial charge >= 0.3 is 0 Å². The normalized spacial score (nSPS) is 36.9. The molecule has 0 radical (unpaired) electrons. The van der Waals surface area contributed by atoms with Crippen molar-refractivity contribution in [2.75, 3.05) is 30.5 Å². The molecule has 0 bridgehead atoms. The van der Waals surface area contributed by atoms with Crippen LogP contribution in [0.3, 0.4) is 0 Å². The van der Waals surface area contributed by atoms with Crippen LogP contribution in [0.15, 0.2) is 0 Å². The molecule has 76 valence electrons. The van der Waals surface area contributed by atoms with Gasteiger partial charge in [-0.25, -0.2) is 0 Å². The number of rotatable bonds is 0. The van der Waals surface area contributed by atoms with Crippen molar-refractivity contribution in [1.29, 1.82) is 0 Å². The van der Waals surface area contributed by atoms with Gasteiger partial charge in [-0.2, -0.15) is 11.8 Å². The Bertz CT molecular complexity index is 148. The quantitative estimate of drug-likeness (QED) is 0.623. The van der Waals surface area contributed by atoms with Gasteiger partial charge in [0.15, 0.2) is 0 Å². The molecule has 13 heavy (non-hydrogen) atoms. The van der Waals surface area contributed by atoms with Crippen LogP contribution in [0.4, 0.5) is 0 Å². The summed E-state index contributed by atoms with van der Waals surface area (Å²) in [5.74, 6) is 3.60. The zero-order chi connectivity index (χ0) is 8.99. The largest absolute Gasteiger partial charge is 0.341 e. The van der Waals surface area contributed by atoms with Crippen LogP contribution in [0.2, 0.25) is 0 Å². The molecule has 2 aliphatic heterocycles. The van der Waals surface area contributed by atoms with E-state index in [2.05, 4.69) is 0 Å². The van der Waals surface area contributed by atoms with Crippen LogP contribution < -0.4 is 0 Å². The second-order valence-electron chi connectivity index (χ2n) is 3.30. The van der Waals surface area contributed by atoms with Crippen molar-refractivity contribution < 1.29 is 9.47 Å². The smallest absolute Gasteiger partial charge is 0.218 e. The van der Waals surface area contributed by atoms with Gasteiger partial charge in [0.25, 0.3) is 0 Å². The molecule has 0 aliphatic carbocycles. The first kappa shape index (κ1) is 10.1. The molecule has 1 spiro atoms. The highest BCUT2D eigenvalue weighted by Crippen LogP contribution is 2.38. The van der Waals surface area contributed by atoms with E-state index in [-0.39, 0.29) is 5.12 Å². The summed E-state index contributed by atoms with van der Waals surface area (Å²) < 4.78 is 11.6. The van der Waals surface area contributed by atoms with Gasteiger partial charge in [0.05, 0.1) is 13.2 Å². The fraction of sp³-hybridized carbons (Fsp3) is 1.00. The molecule has 2 saturated heterocycles. The van der Waals surface area contributed by atoms with Crippen molar-refractivity contribution in [3.05, 3.63) is 0 Å². The summed E-state index contributed by atoms with van der Waals surface area (Å²) in [6, 6.07) is 0. The highest BCUT2D eigenvalue weighted by Gasteiger charge is 2.35. The molecule has 2 nitrogen and oxygen atoms in total. The Labute approximate surface area is 88.1 Å². The van der Waals surface area contributed by atoms with Crippen molar-refractivity contribution in [2.45, 2.75) is 24.4 Å². The topological polar surface area (TPSA) is 18.5 Å². The van der Waals surface area contributed by atoms with E-state index in [1.807, 2.05) is 23.5 Å². The number of hydrogen-bond donors (Lipinski definition) is 0. The number of ether oxygens (including phenoxy) is 2. The molecule has 2 fully saturated rings. The first-order valence-corrected chi connectivity index (χ1v) is 7.05. The average molecular weight is 220 g/mol. The van der Waals surface area contributed by atoms with Crippen molar-refractivity contribution in [1.82, 2.24) is 0 Å². The Balaban J connectivity index is 1.91. The molecule has 0 aromatic carbocycles. The van der Waals surface area contributed by atoms with Crippen LogP contribution in [0.5, 0.6) is 0 Å². The van der Waals surface area contributed by atoms with Crippen LogP contribution >= 0.6 is 23.5 Å². The Morgan fingerprint density at radius 1 is 0.923 bits per heavy atom. The lowest BCUT2D eigenvalue weighted by Gasteiger charge is -2.37. The van der Waals surface area contributed by atoms with Gasteiger partial charge in [-0.1, -0.05) is 11.8 Å². The summed E-state index contributed by atoms with van der Waals surface area (Å²) >= 11 is 3.87. The van der Waals surface area contributed by atoms with Crippen LogP contribution in [-0.4, -0.2) is 35.6 Å². The maximum atomic E-state index is 5.84. The zero-order valence-electron chi connectivity index (χ0n) is 7.79. The first-order valence-electron chi connectivity index (χ1n) is 4.91. The Hall–Kier alpha value is 0.620. The van der Waals surface area contributed by atoms with Crippen molar-refractivity contribution in [3.63, 3.8) is 0 Å². The molecule has 0 aromatic heterocycles.